The van der Waals surface area contributed by atoms with Gasteiger partial charge in [0.15, 0.2) is 6.29 Å². The van der Waals surface area contributed by atoms with Gasteiger partial charge in [0.25, 0.3) is 6.43 Å². The highest BCUT2D eigenvalue weighted by atomic mass is 31.0. The van der Waals surface area contributed by atoms with Gasteiger partial charge in [0.05, 0.1) is 30.1 Å². The molecule has 0 fully saturated rings. The Balaban J connectivity index is 0.000000289. The van der Waals surface area contributed by atoms with Crippen LogP contribution in [-0.2, 0) is 0 Å². The smallest absolute Gasteiger partial charge is 0.270 e. The molecule has 0 spiro atoms. The summed E-state index contributed by atoms with van der Waals surface area (Å²) in [5.74, 6) is -2.14. The van der Waals surface area contributed by atoms with Crippen LogP contribution in [0.3, 0.4) is 0 Å². The minimum absolute atomic E-state index is 0.0295. The van der Waals surface area contributed by atoms with Crippen LogP contribution >= 0.6 is 18.9 Å². The first-order chi connectivity index (χ1) is 20.2. The summed E-state index contributed by atoms with van der Waals surface area (Å²) in [5, 5.41) is 17.6. The van der Waals surface area contributed by atoms with E-state index < -0.39 is 29.4 Å². The maximum absolute atomic E-state index is 13.1. The molecule has 4 aromatic carbocycles. The Hall–Kier alpha value is -3.81. The first-order valence-electron chi connectivity index (χ1n) is 12.1. The normalized spacial score (nSPS) is 9.88. The van der Waals surface area contributed by atoms with Crippen molar-refractivity contribution in [2.75, 3.05) is 0 Å². The molecule has 0 aliphatic carbocycles. The number of hydrogen-bond acceptors (Lipinski definition) is 5. The van der Waals surface area contributed by atoms with Crippen LogP contribution in [-0.4, -0.2) is 16.5 Å². The van der Waals surface area contributed by atoms with Crippen LogP contribution in [0.2, 0.25) is 0 Å². The fraction of sp³-hybridized carbons (Fsp3) is 0.167. The molecule has 43 heavy (non-hydrogen) atoms. The molecule has 0 aromatic heterocycles. The Morgan fingerprint density at radius 1 is 0.698 bits per heavy atom. The van der Waals surface area contributed by atoms with E-state index in [0.717, 1.165) is 12.1 Å². The molecule has 0 saturated heterocycles. The standard InChI is InChI=1S/C8H7F3O.C8H8FO2P.C7H8FOP.C7H7FO/c1-4-2-3-5(12)6(7(4)9)8(10)11;1-5-2-3-7(11-12)6(4-10)8(5)9;1-5-2-3-6(9-10)4-7(5)8;1-5-2-3-6(9)4-7(5)8/h2-3,8,12H,1H3;2-4H,12H2,1H3;2-4H,10H2,1H3;2-4,9H,1H3. The predicted octanol–water partition coefficient (Wildman–Crippen LogP) is 9.04. The van der Waals surface area contributed by atoms with E-state index in [-0.39, 0.29) is 34.3 Å². The first-order valence-corrected chi connectivity index (χ1v) is 13.1. The highest BCUT2D eigenvalue weighted by molar-refractivity contribution is 7.10. The molecule has 4 aromatic rings. The van der Waals surface area contributed by atoms with Gasteiger partial charge >= 0.3 is 0 Å². The minimum Gasteiger partial charge on any atom is -0.508 e. The van der Waals surface area contributed by atoms with Gasteiger partial charge < -0.3 is 19.3 Å². The Morgan fingerprint density at radius 3 is 1.65 bits per heavy atom. The second kappa shape index (κ2) is 18.0. The SMILES string of the molecule is Cc1ccc(O)c(C(F)F)c1F.Cc1ccc(O)cc1F.Cc1ccc(OP)c(C=O)c1F.Cc1ccc(OP)cc1F. The molecule has 0 radical (unpaired) electrons. The van der Waals surface area contributed by atoms with Gasteiger partial charge in [-0.25, -0.2) is 26.3 Å². The molecule has 0 aliphatic rings. The van der Waals surface area contributed by atoms with Crippen LogP contribution in [0.5, 0.6) is 23.0 Å². The van der Waals surface area contributed by atoms with Crippen molar-refractivity contribution in [3.8, 4) is 23.0 Å². The molecule has 0 heterocycles. The third-order valence-corrected chi connectivity index (χ3v) is 6.11. The summed E-state index contributed by atoms with van der Waals surface area (Å²) in [7, 11) is 4.04. The Bertz CT molecular complexity index is 1520. The maximum atomic E-state index is 13.1. The van der Waals surface area contributed by atoms with E-state index in [9.17, 15) is 31.1 Å². The molecule has 0 amide bonds. The van der Waals surface area contributed by atoms with E-state index in [4.69, 9.17) is 19.3 Å². The van der Waals surface area contributed by atoms with Crippen LogP contribution in [0.1, 0.15) is 44.6 Å². The van der Waals surface area contributed by atoms with Crippen molar-refractivity contribution in [1.29, 1.82) is 0 Å². The second-order valence-electron chi connectivity index (χ2n) is 8.74. The van der Waals surface area contributed by atoms with Gasteiger partial charge in [0.2, 0.25) is 0 Å². The predicted molar refractivity (Wildman–Crippen MR) is 159 cm³/mol. The number of phenolic OH excluding ortho intramolecular Hbond substituents is 2. The molecule has 5 nitrogen and oxygen atoms in total. The first kappa shape index (κ1) is 37.2. The zero-order valence-corrected chi connectivity index (χ0v) is 25.8. The van der Waals surface area contributed by atoms with Gasteiger partial charge in [-0.05, 0) is 74.2 Å². The molecule has 0 saturated carbocycles. The average Bonchev–Trinajstić information content (AvgIpc) is 2.97. The van der Waals surface area contributed by atoms with E-state index in [2.05, 4.69) is 9.47 Å². The van der Waals surface area contributed by atoms with Crippen LogP contribution in [0.4, 0.5) is 26.3 Å². The van der Waals surface area contributed by atoms with Crippen molar-refractivity contribution in [2.24, 2.45) is 0 Å². The van der Waals surface area contributed by atoms with E-state index >= 15 is 0 Å². The van der Waals surface area contributed by atoms with Gasteiger partial charge in [0, 0.05) is 12.1 Å². The van der Waals surface area contributed by atoms with Gasteiger partial charge in [0.1, 0.15) is 46.3 Å². The number of aryl methyl sites for hydroxylation is 4. The lowest BCUT2D eigenvalue weighted by molar-refractivity contribution is 0.111. The van der Waals surface area contributed by atoms with Crippen LogP contribution in [0.25, 0.3) is 0 Å². The number of aromatic hydroxyl groups is 2. The molecule has 13 heteroatoms. The Kier molecular flexibility index (Phi) is 15.6. The van der Waals surface area contributed by atoms with Crippen LogP contribution in [0, 0.1) is 51.0 Å². The van der Waals surface area contributed by atoms with E-state index in [1.54, 1.807) is 45.0 Å². The fourth-order valence-electron chi connectivity index (χ4n) is 3.02. The zero-order chi connectivity index (χ0) is 32.9. The number of phenols is 2. The van der Waals surface area contributed by atoms with Crippen molar-refractivity contribution in [2.45, 2.75) is 34.1 Å². The maximum Gasteiger partial charge on any atom is 0.270 e. The number of aldehydes is 1. The molecule has 2 unspecified atom stereocenters. The number of benzene rings is 4. The van der Waals surface area contributed by atoms with Gasteiger partial charge in [-0.3, -0.25) is 4.79 Å². The van der Waals surface area contributed by atoms with Gasteiger partial charge in [-0.2, -0.15) is 0 Å². The number of hydrogen-bond donors (Lipinski definition) is 2. The van der Waals surface area contributed by atoms with E-state index in [1.807, 2.05) is 9.47 Å². The van der Waals surface area contributed by atoms with Crippen molar-refractivity contribution < 1.29 is 50.4 Å². The molecule has 0 bridgehead atoms. The highest BCUT2D eigenvalue weighted by Gasteiger charge is 2.19. The van der Waals surface area contributed by atoms with Gasteiger partial charge in [-0.15, -0.1) is 0 Å². The topological polar surface area (TPSA) is 76.0 Å². The number of rotatable bonds is 4. The van der Waals surface area contributed by atoms with Crippen molar-refractivity contribution in [3.63, 3.8) is 0 Å². The van der Waals surface area contributed by atoms with Crippen LogP contribution < -0.4 is 9.05 Å². The van der Waals surface area contributed by atoms with E-state index in [1.165, 1.54) is 31.2 Å². The summed E-state index contributed by atoms with van der Waals surface area (Å²) in [4.78, 5) is 10.4. The zero-order valence-electron chi connectivity index (χ0n) is 23.5. The average molecular weight is 647 g/mol. The van der Waals surface area contributed by atoms with E-state index in [0.29, 0.717) is 28.7 Å². The molecule has 0 aliphatic heterocycles. The lowest BCUT2D eigenvalue weighted by atomic mass is 10.1. The Morgan fingerprint density at radius 2 is 1.21 bits per heavy atom. The lowest BCUT2D eigenvalue weighted by Gasteiger charge is -2.06. The van der Waals surface area contributed by atoms with Crippen molar-refractivity contribution >= 4 is 25.2 Å². The molecular formula is C30H30F6O5P2. The Labute approximate surface area is 250 Å². The third-order valence-electron chi connectivity index (χ3n) is 5.58. The molecule has 2 N–H and O–H groups in total. The summed E-state index contributed by atoms with van der Waals surface area (Å²) < 4.78 is 84.7. The van der Waals surface area contributed by atoms with Gasteiger partial charge in [-0.1, -0.05) is 24.3 Å². The third kappa shape index (κ3) is 11.4. The number of halogens is 6. The van der Waals surface area contributed by atoms with Crippen molar-refractivity contribution in [1.82, 2.24) is 0 Å². The number of carbonyl (C=O) groups is 1. The summed E-state index contributed by atoms with van der Waals surface area (Å²) in [6.07, 6.45) is -2.54. The number of carbonyl (C=O) groups excluding carboxylic acids is 1. The minimum atomic E-state index is -2.98. The monoisotopic (exact) mass is 646 g/mol. The highest BCUT2D eigenvalue weighted by Crippen LogP contribution is 2.31. The number of alkyl halides is 2. The van der Waals surface area contributed by atoms with Crippen LogP contribution in [0.15, 0.2) is 60.7 Å². The molecule has 232 valence electrons. The molecular weight excluding hydrogens is 616 g/mol. The largest absolute Gasteiger partial charge is 0.508 e. The molecule has 2 atom stereocenters. The summed E-state index contributed by atoms with van der Waals surface area (Å²) in [6.45, 7) is 6.31. The second-order valence-corrected chi connectivity index (χ2v) is 9.21. The van der Waals surface area contributed by atoms with Crippen molar-refractivity contribution in [3.05, 3.63) is 117 Å². The summed E-state index contributed by atoms with van der Waals surface area (Å²) >= 11 is 0. The molecule has 4 rings (SSSR count). The quantitative estimate of drug-likeness (QED) is 0.132. The lowest BCUT2D eigenvalue weighted by Crippen LogP contribution is -1.94. The summed E-state index contributed by atoms with van der Waals surface area (Å²) in [5.41, 5.74) is 0.754. The summed E-state index contributed by atoms with van der Waals surface area (Å²) in [6, 6.07) is 14.2. The fourth-order valence-corrected chi connectivity index (χ4v) is 3.38.